The van der Waals surface area contributed by atoms with E-state index in [2.05, 4.69) is 4.90 Å². The number of carbonyl (C=O) groups is 2. The minimum atomic E-state index is -1.14. The summed E-state index contributed by atoms with van der Waals surface area (Å²) >= 11 is 0. The van der Waals surface area contributed by atoms with Crippen LogP contribution in [-0.4, -0.2) is 37.0 Å². The van der Waals surface area contributed by atoms with Crippen molar-refractivity contribution in [3.8, 4) is 5.75 Å². The van der Waals surface area contributed by atoms with Crippen LogP contribution in [0, 0.1) is 5.82 Å². The largest absolute Gasteiger partial charge is 0.507 e. The molecular formula is C28H25FN2O4. The molecule has 5 rings (SSSR count). The Bertz CT molecular complexity index is 1310. The minimum absolute atomic E-state index is 0.117. The zero-order valence-corrected chi connectivity index (χ0v) is 19.3. The Morgan fingerprint density at radius 2 is 1.54 bits per heavy atom. The van der Waals surface area contributed by atoms with Crippen molar-refractivity contribution in [3.63, 3.8) is 0 Å². The topological polar surface area (TPSA) is 70.1 Å². The lowest BCUT2D eigenvalue weighted by atomic mass is 9.94. The second-order valence-corrected chi connectivity index (χ2v) is 8.60. The first-order valence-electron chi connectivity index (χ1n) is 11.5. The van der Waals surface area contributed by atoms with Gasteiger partial charge in [0, 0.05) is 30.0 Å². The molecule has 1 atom stereocenters. The Kier molecular flexibility index (Phi) is 5.99. The van der Waals surface area contributed by atoms with Crippen molar-refractivity contribution in [2.75, 3.05) is 30.0 Å². The lowest BCUT2D eigenvalue weighted by Gasteiger charge is -2.26. The highest BCUT2D eigenvalue weighted by Crippen LogP contribution is 2.44. The predicted molar refractivity (Wildman–Crippen MR) is 132 cm³/mol. The molecule has 7 heteroatoms. The van der Waals surface area contributed by atoms with Gasteiger partial charge in [-0.1, -0.05) is 30.3 Å². The number of methoxy groups -OCH3 is 1. The van der Waals surface area contributed by atoms with Gasteiger partial charge >= 0.3 is 0 Å². The number of aliphatic hydroxyl groups excluding tert-OH is 1. The summed E-state index contributed by atoms with van der Waals surface area (Å²) in [6, 6.07) is 18.8. The van der Waals surface area contributed by atoms with Gasteiger partial charge in [-0.3, -0.25) is 14.5 Å². The Morgan fingerprint density at radius 1 is 0.914 bits per heavy atom. The summed E-state index contributed by atoms with van der Waals surface area (Å²) in [5, 5.41) is 11.3. The van der Waals surface area contributed by atoms with Gasteiger partial charge in [0.15, 0.2) is 0 Å². The van der Waals surface area contributed by atoms with Crippen LogP contribution in [0.2, 0.25) is 0 Å². The molecule has 1 N–H and O–H groups in total. The highest BCUT2D eigenvalue weighted by molar-refractivity contribution is 6.51. The maximum absolute atomic E-state index is 15.1. The maximum Gasteiger partial charge on any atom is 0.300 e. The second kappa shape index (κ2) is 9.25. The fourth-order valence-electron chi connectivity index (χ4n) is 4.87. The first kappa shape index (κ1) is 22.7. The normalized spacial score (nSPS) is 19.4. The number of anilines is 2. The van der Waals surface area contributed by atoms with Gasteiger partial charge in [0.25, 0.3) is 11.7 Å². The molecule has 0 bridgehead atoms. The number of amides is 1. The third-order valence-corrected chi connectivity index (χ3v) is 6.61. The molecule has 1 amide bonds. The molecule has 2 fully saturated rings. The van der Waals surface area contributed by atoms with Crippen LogP contribution in [0.5, 0.6) is 5.75 Å². The number of nitrogens with zero attached hydrogens (tertiary/aromatic N) is 2. The van der Waals surface area contributed by atoms with Gasteiger partial charge in [0.05, 0.1) is 24.3 Å². The molecule has 35 heavy (non-hydrogen) atoms. The molecule has 2 aliphatic rings. The molecule has 0 aliphatic carbocycles. The minimum Gasteiger partial charge on any atom is -0.507 e. The highest BCUT2D eigenvalue weighted by atomic mass is 19.1. The summed E-state index contributed by atoms with van der Waals surface area (Å²) < 4.78 is 20.4. The van der Waals surface area contributed by atoms with E-state index in [0.717, 1.165) is 31.6 Å². The highest BCUT2D eigenvalue weighted by Gasteiger charge is 2.48. The van der Waals surface area contributed by atoms with Crippen molar-refractivity contribution in [2.24, 2.45) is 0 Å². The number of hydrogen-bond acceptors (Lipinski definition) is 5. The fourth-order valence-corrected chi connectivity index (χ4v) is 4.87. The summed E-state index contributed by atoms with van der Waals surface area (Å²) in [7, 11) is 1.45. The molecule has 6 nitrogen and oxygen atoms in total. The summed E-state index contributed by atoms with van der Waals surface area (Å²) in [5.41, 5.74) is 1.65. The van der Waals surface area contributed by atoms with Crippen molar-refractivity contribution in [2.45, 2.75) is 18.9 Å². The maximum atomic E-state index is 15.1. The number of halogens is 1. The third kappa shape index (κ3) is 3.93. The molecule has 0 radical (unpaired) electrons. The summed E-state index contributed by atoms with van der Waals surface area (Å²) in [4.78, 5) is 30.1. The average molecular weight is 473 g/mol. The smallest absolute Gasteiger partial charge is 0.300 e. The summed E-state index contributed by atoms with van der Waals surface area (Å²) in [5.74, 6) is -2.37. The molecule has 3 aromatic rings. The zero-order chi connectivity index (χ0) is 24.5. The molecule has 0 spiro atoms. The van der Waals surface area contributed by atoms with Gasteiger partial charge in [0.1, 0.15) is 17.3 Å². The van der Waals surface area contributed by atoms with Crippen molar-refractivity contribution in [3.05, 3.63) is 95.3 Å². The summed E-state index contributed by atoms with van der Waals surface area (Å²) in [6.07, 6.45) is 2.26. The van der Waals surface area contributed by atoms with Crippen LogP contribution < -0.4 is 14.5 Å². The molecule has 1 unspecified atom stereocenters. The van der Waals surface area contributed by atoms with Crippen LogP contribution in [0.3, 0.4) is 0 Å². The quantitative estimate of drug-likeness (QED) is 0.319. The van der Waals surface area contributed by atoms with Gasteiger partial charge in [-0.05, 0) is 55.3 Å². The van der Waals surface area contributed by atoms with Gasteiger partial charge in [0.2, 0.25) is 0 Å². The Balaban J connectivity index is 1.66. The van der Waals surface area contributed by atoms with E-state index >= 15 is 4.39 Å². The van der Waals surface area contributed by atoms with Crippen molar-refractivity contribution in [1.29, 1.82) is 0 Å². The number of aliphatic hydroxyl groups is 1. The van der Waals surface area contributed by atoms with Gasteiger partial charge < -0.3 is 14.7 Å². The van der Waals surface area contributed by atoms with Crippen LogP contribution in [0.4, 0.5) is 15.8 Å². The Morgan fingerprint density at radius 3 is 2.23 bits per heavy atom. The Labute approximate surface area is 202 Å². The standard InChI is InChI=1S/C28H25FN2O4/c1-35-23-11-5-3-9-21(23)26(32)24-25(20-8-2-4-10-22(20)29)31(28(34)27(24)33)19-14-12-18(13-15-19)30-16-6-7-17-30/h2-5,8-15,25,32H,6-7,16-17H2,1H3/b26-24+. The van der Waals surface area contributed by atoms with Crippen LogP contribution in [0.25, 0.3) is 5.76 Å². The number of ketones is 1. The number of carbonyl (C=O) groups excluding carboxylic acids is 2. The first-order chi connectivity index (χ1) is 17.0. The molecule has 178 valence electrons. The van der Waals surface area contributed by atoms with E-state index in [1.165, 1.54) is 30.2 Å². The fraction of sp³-hybridized carbons (Fsp3) is 0.214. The lowest BCUT2D eigenvalue weighted by molar-refractivity contribution is -0.132. The molecule has 2 saturated heterocycles. The molecule has 2 aliphatic heterocycles. The van der Waals surface area contributed by atoms with Crippen molar-refractivity contribution < 1.29 is 23.8 Å². The van der Waals surface area contributed by atoms with Gasteiger partial charge in [-0.2, -0.15) is 0 Å². The average Bonchev–Trinajstić information content (AvgIpc) is 3.51. The van der Waals surface area contributed by atoms with E-state index in [9.17, 15) is 14.7 Å². The molecule has 2 heterocycles. The first-order valence-corrected chi connectivity index (χ1v) is 11.5. The van der Waals surface area contributed by atoms with Crippen LogP contribution in [0.1, 0.15) is 30.0 Å². The van der Waals surface area contributed by atoms with E-state index in [4.69, 9.17) is 4.74 Å². The monoisotopic (exact) mass is 472 g/mol. The number of benzene rings is 3. The van der Waals surface area contributed by atoms with Crippen molar-refractivity contribution >= 4 is 28.8 Å². The third-order valence-electron chi connectivity index (χ3n) is 6.61. The van der Waals surface area contributed by atoms with Gasteiger partial charge in [-0.25, -0.2) is 4.39 Å². The number of hydrogen-bond donors (Lipinski definition) is 1. The zero-order valence-electron chi connectivity index (χ0n) is 19.3. The number of ether oxygens (including phenoxy) is 1. The van der Waals surface area contributed by atoms with Gasteiger partial charge in [-0.15, -0.1) is 0 Å². The van der Waals surface area contributed by atoms with E-state index in [-0.39, 0.29) is 16.7 Å². The van der Waals surface area contributed by atoms with Crippen molar-refractivity contribution in [1.82, 2.24) is 0 Å². The predicted octanol–water partition coefficient (Wildman–Crippen LogP) is 5.06. The molecule has 3 aromatic carbocycles. The van der Waals surface area contributed by atoms with Crippen LogP contribution in [-0.2, 0) is 9.59 Å². The SMILES string of the molecule is COc1ccccc1/C(O)=C1\C(=O)C(=O)N(c2ccc(N3CCCC3)cc2)C1c1ccccc1F. The van der Waals surface area contributed by atoms with E-state index in [1.54, 1.807) is 42.5 Å². The molecule has 0 aromatic heterocycles. The van der Waals surface area contributed by atoms with E-state index in [1.807, 2.05) is 12.1 Å². The number of Topliss-reactive ketones (excluding diaryl/α,β-unsaturated/α-hetero) is 1. The lowest BCUT2D eigenvalue weighted by Crippen LogP contribution is -2.30. The van der Waals surface area contributed by atoms with Crippen LogP contribution in [0.15, 0.2) is 78.4 Å². The summed E-state index contributed by atoms with van der Waals surface area (Å²) in [6.45, 7) is 1.94. The second-order valence-electron chi connectivity index (χ2n) is 8.60. The molecule has 0 saturated carbocycles. The number of para-hydroxylation sites is 1. The van der Waals surface area contributed by atoms with Crippen LogP contribution >= 0.6 is 0 Å². The molecular weight excluding hydrogens is 447 g/mol. The van der Waals surface area contributed by atoms with E-state index < -0.39 is 29.3 Å². The number of rotatable bonds is 5. The Hall–Kier alpha value is -4.13. The van der Waals surface area contributed by atoms with E-state index in [0.29, 0.717) is 11.4 Å².